The average Bonchev–Trinajstić information content (AvgIpc) is 2.36. The van der Waals surface area contributed by atoms with E-state index in [9.17, 15) is 18.1 Å². The topological polar surface area (TPSA) is 95.9 Å². The van der Waals surface area contributed by atoms with Gasteiger partial charge in [0.2, 0.25) is 0 Å². The number of aliphatic hydroxyl groups is 1. The van der Waals surface area contributed by atoms with Gasteiger partial charge in [-0.25, -0.2) is 8.42 Å². The Morgan fingerprint density at radius 1 is 1.30 bits per heavy atom. The Morgan fingerprint density at radius 3 is 2.40 bits per heavy atom. The Bertz CT molecular complexity index is 499. The van der Waals surface area contributed by atoms with Gasteiger partial charge in [-0.2, -0.15) is 0 Å². The van der Waals surface area contributed by atoms with Crippen LogP contribution in [-0.2, 0) is 14.9 Å². The first-order chi connectivity index (χ1) is 8.93. The molecule has 1 N–H and O–H groups in total. The van der Waals surface area contributed by atoms with Crippen molar-refractivity contribution in [1.29, 1.82) is 0 Å². The first-order valence-corrected chi connectivity index (χ1v) is 6.90. The van der Waals surface area contributed by atoms with Crippen molar-refractivity contribution in [2.24, 2.45) is 0 Å². The number of ether oxygens (including phenoxy) is 2. The minimum Gasteiger partial charge on any atom is -0.744 e. The van der Waals surface area contributed by atoms with Gasteiger partial charge in [0.25, 0.3) is 0 Å². The van der Waals surface area contributed by atoms with Crippen LogP contribution in [0.15, 0.2) is 41.8 Å². The molecule has 6 nitrogen and oxygen atoms in total. The van der Waals surface area contributed by atoms with E-state index in [-0.39, 0.29) is 69.5 Å². The second-order valence-corrected chi connectivity index (χ2v) is 5.10. The molecule has 1 atom stereocenters. The summed E-state index contributed by atoms with van der Waals surface area (Å²) in [5, 5.41) is 9.49. The van der Waals surface area contributed by atoms with Gasteiger partial charge in [-0.15, -0.1) is 6.58 Å². The molecule has 1 unspecified atom stereocenters. The molecule has 0 heterocycles. The molecule has 0 aliphatic heterocycles. The van der Waals surface area contributed by atoms with E-state index >= 15 is 0 Å². The van der Waals surface area contributed by atoms with Crippen LogP contribution >= 0.6 is 0 Å². The predicted molar refractivity (Wildman–Crippen MR) is 66.9 cm³/mol. The molecule has 0 aliphatic carbocycles. The normalized spacial score (nSPS) is 12.3. The summed E-state index contributed by atoms with van der Waals surface area (Å²) in [6.45, 7) is 3.92. The predicted octanol–water partition coefficient (Wildman–Crippen LogP) is -2.46. The summed E-state index contributed by atoms with van der Waals surface area (Å²) < 4.78 is 42.3. The first-order valence-electron chi connectivity index (χ1n) is 5.49. The number of benzene rings is 1. The van der Waals surface area contributed by atoms with Crippen LogP contribution in [0.2, 0.25) is 0 Å². The molecule has 0 spiro atoms. The van der Waals surface area contributed by atoms with E-state index in [2.05, 4.69) is 6.58 Å². The zero-order chi connectivity index (χ0) is 14.3. The molecule has 0 amide bonds. The van der Waals surface area contributed by atoms with Crippen molar-refractivity contribution in [2.75, 3.05) is 19.8 Å². The Hall–Kier alpha value is 0.226. The molecule has 0 aliphatic rings. The van der Waals surface area contributed by atoms with Crippen molar-refractivity contribution < 1.29 is 78.9 Å². The van der Waals surface area contributed by atoms with Crippen LogP contribution in [0.5, 0.6) is 5.75 Å². The molecule has 1 rings (SSSR count). The first kappa shape index (κ1) is 20.2. The van der Waals surface area contributed by atoms with E-state index in [1.165, 1.54) is 12.1 Å². The molecule has 20 heavy (non-hydrogen) atoms. The van der Waals surface area contributed by atoms with Gasteiger partial charge < -0.3 is 19.1 Å². The van der Waals surface area contributed by atoms with E-state index in [1.54, 1.807) is 6.08 Å². The zero-order valence-corrected chi connectivity index (χ0v) is 15.1. The summed E-state index contributed by atoms with van der Waals surface area (Å²) in [5.41, 5.74) is 0. The monoisotopic (exact) mass is 326 g/mol. The third kappa shape index (κ3) is 7.86. The SMILES string of the molecule is C=CCOCC(O)COc1ccc(S(=O)(=O)[O-])cc1.[K+]. The van der Waals surface area contributed by atoms with Crippen molar-refractivity contribution in [3.8, 4) is 5.75 Å². The molecule has 0 bridgehead atoms. The van der Waals surface area contributed by atoms with Crippen molar-refractivity contribution in [1.82, 2.24) is 0 Å². The van der Waals surface area contributed by atoms with E-state index < -0.39 is 16.2 Å². The maximum absolute atomic E-state index is 10.7. The summed E-state index contributed by atoms with van der Waals surface area (Å²) >= 11 is 0. The third-order valence-electron chi connectivity index (χ3n) is 2.10. The maximum atomic E-state index is 10.7. The van der Waals surface area contributed by atoms with Gasteiger partial charge in [0, 0.05) is 0 Å². The van der Waals surface area contributed by atoms with Gasteiger partial charge in [-0.1, -0.05) is 6.08 Å². The largest absolute Gasteiger partial charge is 1.00 e. The smallest absolute Gasteiger partial charge is 0.744 e. The minimum absolute atomic E-state index is 0. The van der Waals surface area contributed by atoms with E-state index in [4.69, 9.17) is 9.47 Å². The third-order valence-corrected chi connectivity index (χ3v) is 2.95. The number of rotatable bonds is 8. The molecule has 0 saturated carbocycles. The van der Waals surface area contributed by atoms with E-state index in [0.717, 1.165) is 12.1 Å². The standard InChI is InChI=1S/C12H16O6S.K/c1-2-7-17-8-10(13)9-18-11-3-5-12(6-4-11)19(14,15)16;/h2-6,10,13H,1,7-9H2,(H,14,15,16);/q;+1/p-1. The van der Waals surface area contributed by atoms with Crippen molar-refractivity contribution >= 4 is 10.1 Å². The number of hydrogen-bond donors (Lipinski definition) is 1. The molecule has 0 fully saturated rings. The maximum Gasteiger partial charge on any atom is 1.00 e. The molecular weight excluding hydrogens is 311 g/mol. The Labute approximate surface area is 161 Å². The summed E-state index contributed by atoms with van der Waals surface area (Å²) in [6, 6.07) is 5.00. The van der Waals surface area contributed by atoms with Crippen LogP contribution in [0, 0.1) is 0 Å². The number of aliphatic hydroxyl groups excluding tert-OH is 1. The van der Waals surface area contributed by atoms with Gasteiger partial charge in [0.1, 0.15) is 28.6 Å². The fourth-order valence-corrected chi connectivity index (χ4v) is 1.70. The van der Waals surface area contributed by atoms with Crippen LogP contribution in [0.1, 0.15) is 0 Å². The second-order valence-electron chi connectivity index (χ2n) is 3.72. The molecular formula is C12H15KO6S. The van der Waals surface area contributed by atoms with Crippen LogP contribution in [0.25, 0.3) is 0 Å². The average molecular weight is 326 g/mol. The number of hydrogen-bond acceptors (Lipinski definition) is 6. The fourth-order valence-electron chi connectivity index (χ4n) is 1.23. The quantitative estimate of drug-likeness (QED) is 0.246. The van der Waals surface area contributed by atoms with Gasteiger partial charge >= 0.3 is 51.4 Å². The summed E-state index contributed by atoms with van der Waals surface area (Å²) in [7, 11) is -4.45. The van der Waals surface area contributed by atoms with Crippen molar-refractivity contribution in [2.45, 2.75) is 11.0 Å². The Morgan fingerprint density at radius 2 is 1.90 bits per heavy atom. The summed E-state index contributed by atoms with van der Waals surface area (Å²) in [4.78, 5) is -0.324. The van der Waals surface area contributed by atoms with Gasteiger partial charge in [-0.3, -0.25) is 0 Å². The van der Waals surface area contributed by atoms with Gasteiger partial charge in [0.05, 0.1) is 18.1 Å². The second kappa shape index (κ2) is 10.0. The Balaban J connectivity index is 0.00000361. The molecule has 106 valence electrons. The van der Waals surface area contributed by atoms with Gasteiger partial charge in [0.15, 0.2) is 0 Å². The van der Waals surface area contributed by atoms with Crippen LogP contribution in [0.4, 0.5) is 0 Å². The summed E-state index contributed by atoms with van der Waals surface area (Å²) in [5.74, 6) is 0.357. The van der Waals surface area contributed by atoms with Crippen LogP contribution in [0.3, 0.4) is 0 Å². The van der Waals surface area contributed by atoms with Crippen LogP contribution < -0.4 is 56.1 Å². The minimum atomic E-state index is -4.45. The van der Waals surface area contributed by atoms with Gasteiger partial charge in [-0.05, 0) is 24.3 Å². The van der Waals surface area contributed by atoms with E-state index in [1.807, 2.05) is 0 Å². The fraction of sp³-hybridized carbons (Fsp3) is 0.333. The molecule has 8 heteroatoms. The van der Waals surface area contributed by atoms with Crippen molar-refractivity contribution in [3.63, 3.8) is 0 Å². The molecule has 0 aromatic heterocycles. The summed E-state index contributed by atoms with van der Waals surface area (Å²) in [6.07, 6.45) is 0.762. The van der Waals surface area contributed by atoms with E-state index in [0.29, 0.717) is 12.4 Å². The molecule has 0 saturated heterocycles. The molecule has 1 aromatic rings. The van der Waals surface area contributed by atoms with Crippen LogP contribution in [-0.4, -0.2) is 44.0 Å². The zero-order valence-electron chi connectivity index (χ0n) is 11.2. The van der Waals surface area contributed by atoms with Crippen molar-refractivity contribution in [3.05, 3.63) is 36.9 Å². The molecule has 0 radical (unpaired) electrons. The Kier molecular flexibility index (Phi) is 10.2. The molecule has 1 aromatic carbocycles.